The summed E-state index contributed by atoms with van der Waals surface area (Å²) < 4.78 is 2.88. The van der Waals surface area contributed by atoms with Crippen molar-refractivity contribution in [2.75, 3.05) is 0 Å². The van der Waals surface area contributed by atoms with Crippen LogP contribution in [0.5, 0.6) is 0 Å². The zero-order chi connectivity index (χ0) is 13.3. The Kier molecular flexibility index (Phi) is 3.27. The van der Waals surface area contributed by atoms with Gasteiger partial charge >= 0.3 is 0 Å². The van der Waals surface area contributed by atoms with Gasteiger partial charge in [0.05, 0.1) is 22.7 Å². The van der Waals surface area contributed by atoms with Crippen molar-refractivity contribution in [2.24, 2.45) is 0 Å². The van der Waals surface area contributed by atoms with Crippen LogP contribution in [-0.4, -0.2) is 9.55 Å². The Morgan fingerprint density at radius 1 is 1.39 bits per heavy atom. The van der Waals surface area contributed by atoms with Crippen LogP contribution in [0.1, 0.15) is 39.2 Å². The van der Waals surface area contributed by atoms with Crippen molar-refractivity contribution < 1.29 is 0 Å². The SMILES string of the molecule is CCC(C)(CC)n1c(=S)[nH]c2ccc(C#N)cc21. The van der Waals surface area contributed by atoms with Crippen molar-refractivity contribution in [2.45, 2.75) is 39.2 Å². The van der Waals surface area contributed by atoms with Crippen molar-refractivity contribution in [3.05, 3.63) is 28.5 Å². The number of rotatable bonds is 3. The minimum atomic E-state index is -0.0105. The van der Waals surface area contributed by atoms with Gasteiger partial charge in [-0.1, -0.05) is 13.8 Å². The fourth-order valence-corrected chi connectivity index (χ4v) is 2.70. The molecule has 1 aromatic heterocycles. The number of benzene rings is 1. The van der Waals surface area contributed by atoms with Gasteiger partial charge in [-0.15, -0.1) is 0 Å². The molecule has 0 aliphatic heterocycles. The Bertz CT molecular complexity index is 668. The molecular weight excluding hydrogens is 242 g/mol. The monoisotopic (exact) mass is 259 g/mol. The van der Waals surface area contributed by atoms with Crippen LogP contribution in [0.2, 0.25) is 0 Å². The molecule has 0 spiro atoms. The molecule has 3 nitrogen and oxygen atoms in total. The molecule has 0 radical (unpaired) electrons. The molecule has 0 aliphatic carbocycles. The van der Waals surface area contributed by atoms with Crippen molar-refractivity contribution in [3.8, 4) is 6.07 Å². The third-order valence-corrected chi connectivity index (χ3v) is 4.16. The standard InChI is InChI=1S/C14H17N3S/c1-4-14(3,5-2)17-12-8-10(9-15)6-7-11(12)16-13(17)18/h6-8H,4-5H2,1-3H3,(H,16,18). The maximum absolute atomic E-state index is 9.02. The van der Waals surface area contributed by atoms with Crippen LogP contribution in [0.25, 0.3) is 11.0 Å². The lowest BCUT2D eigenvalue weighted by molar-refractivity contribution is 0.299. The summed E-state index contributed by atoms with van der Waals surface area (Å²) >= 11 is 5.44. The third-order valence-electron chi connectivity index (χ3n) is 3.88. The lowest BCUT2D eigenvalue weighted by Gasteiger charge is -2.29. The predicted octanol–water partition coefficient (Wildman–Crippen LogP) is 4.11. The second-order valence-electron chi connectivity index (χ2n) is 4.81. The normalized spacial score (nSPS) is 11.7. The van der Waals surface area contributed by atoms with Crippen LogP contribution >= 0.6 is 12.2 Å². The smallest absolute Gasteiger partial charge is 0.178 e. The van der Waals surface area contributed by atoms with E-state index in [9.17, 15) is 0 Å². The number of hydrogen-bond acceptors (Lipinski definition) is 2. The molecular formula is C14H17N3S. The second kappa shape index (κ2) is 4.58. The molecule has 1 heterocycles. The highest BCUT2D eigenvalue weighted by Crippen LogP contribution is 2.30. The molecule has 0 bridgehead atoms. The van der Waals surface area contributed by atoms with E-state index in [1.165, 1.54) is 0 Å². The molecule has 0 amide bonds. The predicted molar refractivity (Wildman–Crippen MR) is 76.1 cm³/mol. The number of fused-ring (bicyclic) bond motifs is 1. The first kappa shape index (κ1) is 12.8. The summed E-state index contributed by atoms with van der Waals surface area (Å²) in [5.41, 5.74) is 2.67. The van der Waals surface area contributed by atoms with Gasteiger partial charge in [0.2, 0.25) is 0 Å². The zero-order valence-corrected chi connectivity index (χ0v) is 11.8. The Hall–Kier alpha value is -1.60. The van der Waals surface area contributed by atoms with Crippen molar-refractivity contribution in [1.82, 2.24) is 9.55 Å². The van der Waals surface area contributed by atoms with Crippen LogP contribution in [0.15, 0.2) is 18.2 Å². The zero-order valence-electron chi connectivity index (χ0n) is 10.9. The highest BCUT2D eigenvalue weighted by Gasteiger charge is 2.25. The Morgan fingerprint density at radius 3 is 2.61 bits per heavy atom. The van der Waals surface area contributed by atoms with Crippen LogP contribution in [0.4, 0.5) is 0 Å². The number of aromatic amines is 1. The molecule has 4 heteroatoms. The minimum absolute atomic E-state index is 0.0105. The topological polar surface area (TPSA) is 44.5 Å². The van der Waals surface area contributed by atoms with Crippen LogP contribution < -0.4 is 0 Å². The van der Waals surface area contributed by atoms with Gasteiger partial charge < -0.3 is 9.55 Å². The fourth-order valence-electron chi connectivity index (χ4n) is 2.27. The molecule has 0 aliphatic rings. The van der Waals surface area contributed by atoms with Crippen LogP contribution in [0, 0.1) is 16.1 Å². The van der Waals surface area contributed by atoms with E-state index in [0.717, 1.165) is 28.6 Å². The number of nitrogens with zero attached hydrogens (tertiary/aromatic N) is 2. The summed E-state index contributed by atoms with van der Waals surface area (Å²) in [6.07, 6.45) is 2.00. The molecule has 1 aromatic carbocycles. The van der Waals surface area contributed by atoms with Crippen molar-refractivity contribution in [3.63, 3.8) is 0 Å². The van der Waals surface area contributed by atoms with E-state index < -0.39 is 0 Å². The summed E-state index contributed by atoms with van der Waals surface area (Å²) in [4.78, 5) is 3.22. The summed E-state index contributed by atoms with van der Waals surface area (Å²) in [5, 5.41) is 9.02. The number of nitrogens with one attached hydrogen (secondary N) is 1. The number of imidazole rings is 1. The summed E-state index contributed by atoms with van der Waals surface area (Å²) in [6, 6.07) is 7.82. The molecule has 2 rings (SSSR count). The lowest BCUT2D eigenvalue weighted by atomic mass is 9.95. The second-order valence-corrected chi connectivity index (χ2v) is 5.20. The van der Waals surface area contributed by atoms with Crippen molar-refractivity contribution in [1.29, 1.82) is 5.26 Å². The molecule has 2 aromatic rings. The van der Waals surface area contributed by atoms with Gasteiger partial charge in [0.15, 0.2) is 4.77 Å². The fraction of sp³-hybridized carbons (Fsp3) is 0.429. The molecule has 0 unspecified atom stereocenters. The molecule has 0 atom stereocenters. The van der Waals surface area contributed by atoms with Gasteiger partial charge in [0.25, 0.3) is 0 Å². The van der Waals surface area contributed by atoms with E-state index in [1.807, 2.05) is 18.2 Å². The number of nitriles is 1. The average molecular weight is 259 g/mol. The average Bonchev–Trinajstić information content (AvgIpc) is 2.73. The van der Waals surface area contributed by atoms with Crippen LogP contribution in [0.3, 0.4) is 0 Å². The Balaban J connectivity index is 2.81. The molecule has 94 valence electrons. The minimum Gasteiger partial charge on any atom is -0.331 e. The first-order chi connectivity index (χ1) is 8.55. The van der Waals surface area contributed by atoms with Gasteiger partial charge in [0, 0.05) is 5.54 Å². The number of hydrogen-bond donors (Lipinski definition) is 1. The largest absolute Gasteiger partial charge is 0.331 e. The highest BCUT2D eigenvalue weighted by molar-refractivity contribution is 7.71. The van der Waals surface area contributed by atoms with Gasteiger partial charge in [-0.3, -0.25) is 0 Å². The highest BCUT2D eigenvalue weighted by atomic mass is 32.1. The van der Waals surface area contributed by atoms with E-state index in [4.69, 9.17) is 17.5 Å². The van der Waals surface area contributed by atoms with Crippen LogP contribution in [-0.2, 0) is 5.54 Å². The molecule has 18 heavy (non-hydrogen) atoms. The number of aromatic nitrogens is 2. The van der Waals surface area contributed by atoms with E-state index in [1.54, 1.807) is 0 Å². The van der Waals surface area contributed by atoms with Crippen molar-refractivity contribution >= 4 is 23.3 Å². The molecule has 0 saturated heterocycles. The first-order valence-corrected chi connectivity index (χ1v) is 6.62. The summed E-state index contributed by atoms with van der Waals surface area (Å²) in [6.45, 7) is 6.53. The third kappa shape index (κ3) is 1.85. The maximum atomic E-state index is 9.02. The van der Waals surface area contributed by atoms with E-state index in [-0.39, 0.29) is 5.54 Å². The Morgan fingerprint density at radius 2 is 2.06 bits per heavy atom. The molecule has 0 fully saturated rings. The first-order valence-electron chi connectivity index (χ1n) is 6.21. The molecule has 0 saturated carbocycles. The lowest BCUT2D eigenvalue weighted by Crippen LogP contribution is -2.28. The molecule has 1 N–H and O–H groups in total. The van der Waals surface area contributed by atoms with Gasteiger partial charge in [0.1, 0.15) is 0 Å². The van der Waals surface area contributed by atoms with E-state index in [2.05, 4.69) is 36.4 Å². The van der Waals surface area contributed by atoms with E-state index in [0.29, 0.717) is 5.56 Å². The summed E-state index contributed by atoms with van der Waals surface area (Å²) in [5.74, 6) is 0. The number of H-pyrrole nitrogens is 1. The van der Waals surface area contributed by atoms with Gasteiger partial charge in [-0.2, -0.15) is 5.26 Å². The summed E-state index contributed by atoms with van der Waals surface area (Å²) in [7, 11) is 0. The van der Waals surface area contributed by atoms with Gasteiger partial charge in [-0.25, -0.2) is 0 Å². The van der Waals surface area contributed by atoms with E-state index >= 15 is 0 Å². The quantitative estimate of drug-likeness (QED) is 0.843. The Labute approximate surface area is 112 Å². The maximum Gasteiger partial charge on any atom is 0.178 e. The van der Waals surface area contributed by atoms with Gasteiger partial charge in [-0.05, 0) is 50.2 Å².